The molecule has 5 aromatic rings. The highest BCUT2D eigenvalue weighted by Crippen LogP contribution is 2.23. The summed E-state index contributed by atoms with van der Waals surface area (Å²) in [7, 11) is 0. The molecular formula is C22H16ClFN6O2. The second kappa shape index (κ2) is 7.61. The van der Waals surface area contributed by atoms with Crippen LogP contribution in [-0.2, 0) is 11.3 Å². The number of amides is 1. The van der Waals surface area contributed by atoms with Crippen LogP contribution < -0.4 is 11.0 Å². The van der Waals surface area contributed by atoms with Crippen LogP contribution in [0.5, 0.6) is 0 Å². The van der Waals surface area contributed by atoms with E-state index >= 15 is 0 Å². The standard InChI is InChI=1S/C22H16ClFN6O2/c1-13-2-7-17(16(23)10-13)25-20(31)12-30-22(32)28-8-9-29-19(21(28)27-30)11-18(26-29)14-3-5-15(24)6-4-14/h2-11H,12H2,1H3,(H,25,31). The quantitative estimate of drug-likeness (QED) is 0.453. The zero-order chi connectivity index (χ0) is 22.4. The van der Waals surface area contributed by atoms with Crippen molar-refractivity contribution in [2.24, 2.45) is 0 Å². The van der Waals surface area contributed by atoms with Gasteiger partial charge in [0.05, 0.1) is 16.4 Å². The van der Waals surface area contributed by atoms with Crippen LogP contribution in [-0.4, -0.2) is 29.7 Å². The molecule has 0 radical (unpaired) electrons. The maximum Gasteiger partial charge on any atom is 0.350 e. The number of nitrogens with zero attached hydrogens (tertiary/aromatic N) is 5. The van der Waals surface area contributed by atoms with Crippen molar-refractivity contribution in [2.75, 3.05) is 5.32 Å². The Labute approximate surface area is 185 Å². The molecule has 1 N–H and O–H groups in total. The van der Waals surface area contributed by atoms with Crippen LogP contribution in [0.25, 0.3) is 22.4 Å². The van der Waals surface area contributed by atoms with Crippen molar-refractivity contribution in [1.29, 1.82) is 0 Å². The molecule has 0 aliphatic heterocycles. The first-order valence-electron chi connectivity index (χ1n) is 9.68. The Hall–Kier alpha value is -3.98. The van der Waals surface area contributed by atoms with Gasteiger partial charge in [-0.15, -0.1) is 5.10 Å². The van der Waals surface area contributed by atoms with Crippen molar-refractivity contribution >= 4 is 34.4 Å². The van der Waals surface area contributed by atoms with Gasteiger partial charge in [-0.05, 0) is 55.0 Å². The van der Waals surface area contributed by atoms with Crippen molar-refractivity contribution < 1.29 is 9.18 Å². The largest absolute Gasteiger partial charge is 0.350 e. The molecule has 0 aliphatic rings. The van der Waals surface area contributed by atoms with E-state index in [9.17, 15) is 14.0 Å². The molecule has 0 atom stereocenters. The van der Waals surface area contributed by atoms with Crippen LogP contribution in [0.15, 0.2) is 65.7 Å². The van der Waals surface area contributed by atoms with Crippen LogP contribution in [0.4, 0.5) is 10.1 Å². The molecule has 1 amide bonds. The molecule has 32 heavy (non-hydrogen) atoms. The van der Waals surface area contributed by atoms with E-state index in [2.05, 4.69) is 15.5 Å². The number of rotatable bonds is 4. The Morgan fingerprint density at radius 1 is 1.09 bits per heavy atom. The zero-order valence-corrected chi connectivity index (χ0v) is 17.5. The highest BCUT2D eigenvalue weighted by Gasteiger charge is 2.16. The lowest BCUT2D eigenvalue weighted by atomic mass is 10.1. The monoisotopic (exact) mass is 450 g/mol. The fourth-order valence-corrected chi connectivity index (χ4v) is 3.73. The smallest absolute Gasteiger partial charge is 0.323 e. The van der Waals surface area contributed by atoms with E-state index in [1.165, 1.54) is 22.7 Å². The molecule has 0 saturated heterocycles. The van der Waals surface area contributed by atoms with Gasteiger partial charge in [0.1, 0.15) is 17.9 Å². The number of fused-ring (bicyclic) bond motifs is 3. The van der Waals surface area contributed by atoms with Crippen LogP contribution in [0, 0.1) is 12.7 Å². The van der Waals surface area contributed by atoms with Crippen molar-refractivity contribution in [3.63, 3.8) is 0 Å². The zero-order valence-electron chi connectivity index (χ0n) is 16.8. The van der Waals surface area contributed by atoms with Crippen LogP contribution >= 0.6 is 11.6 Å². The van der Waals surface area contributed by atoms with E-state index < -0.39 is 11.6 Å². The summed E-state index contributed by atoms with van der Waals surface area (Å²) < 4.78 is 17.2. The minimum absolute atomic E-state index is 0.282. The summed E-state index contributed by atoms with van der Waals surface area (Å²) in [6.45, 7) is 1.61. The first-order chi connectivity index (χ1) is 15.4. The minimum Gasteiger partial charge on any atom is -0.323 e. The maximum atomic E-state index is 13.2. The third-order valence-electron chi connectivity index (χ3n) is 5.02. The highest BCUT2D eigenvalue weighted by molar-refractivity contribution is 6.33. The van der Waals surface area contributed by atoms with Gasteiger partial charge in [0, 0.05) is 18.0 Å². The molecule has 0 fully saturated rings. The molecule has 3 aromatic heterocycles. The third-order valence-corrected chi connectivity index (χ3v) is 5.34. The first kappa shape index (κ1) is 20.0. The Morgan fingerprint density at radius 2 is 1.88 bits per heavy atom. The molecule has 2 aromatic carbocycles. The molecule has 0 aliphatic carbocycles. The van der Waals surface area contributed by atoms with Gasteiger partial charge < -0.3 is 5.32 Å². The third kappa shape index (κ3) is 3.52. The van der Waals surface area contributed by atoms with Gasteiger partial charge in [0.2, 0.25) is 5.91 Å². The predicted octanol–water partition coefficient (Wildman–Crippen LogP) is 3.55. The Bertz CT molecular complexity index is 1550. The predicted molar refractivity (Wildman–Crippen MR) is 118 cm³/mol. The number of halogens is 2. The summed E-state index contributed by atoms with van der Waals surface area (Å²) in [5, 5.41) is 11.9. The number of aryl methyl sites for hydroxylation is 1. The number of nitrogens with one attached hydrogen (secondary N) is 1. The van der Waals surface area contributed by atoms with E-state index in [0.717, 1.165) is 15.8 Å². The van der Waals surface area contributed by atoms with Gasteiger partial charge in [-0.3, -0.25) is 4.79 Å². The molecule has 0 bridgehead atoms. The summed E-state index contributed by atoms with van der Waals surface area (Å²) in [6, 6.07) is 13.0. The topological polar surface area (TPSA) is 85.7 Å². The van der Waals surface area contributed by atoms with Gasteiger partial charge in [0.25, 0.3) is 0 Å². The SMILES string of the molecule is Cc1ccc(NC(=O)Cn2nc3c4cc(-c5ccc(F)cc5)nn4ccn3c2=O)c(Cl)c1. The fourth-order valence-electron chi connectivity index (χ4n) is 3.45. The average molecular weight is 451 g/mol. The average Bonchev–Trinajstić information content (AvgIpc) is 3.32. The van der Waals surface area contributed by atoms with Crippen molar-refractivity contribution in [2.45, 2.75) is 13.5 Å². The number of hydrogen-bond donors (Lipinski definition) is 1. The molecule has 5 rings (SSSR count). The fraction of sp³-hybridized carbons (Fsp3) is 0.0909. The van der Waals surface area contributed by atoms with E-state index in [1.807, 2.05) is 13.0 Å². The molecule has 3 heterocycles. The Kier molecular flexibility index (Phi) is 4.75. The normalized spacial score (nSPS) is 11.3. The number of carbonyl (C=O) groups excluding carboxylic acids is 1. The van der Waals surface area contributed by atoms with Gasteiger partial charge in [-0.2, -0.15) is 5.10 Å². The number of carbonyl (C=O) groups is 1. The lowest BCUT2D eigenvalue weighted by Crippen LogP contribution is -2.28. The lowest BCUT2D eigenvalue weighted by Gasteiger charge is -2.07. The molecule has 8 nitrogen and oxygen atoms in total. The summed E-state index contributed by atoms with van der Waals surface area (Å²) in [5.41, 5.74) is 3.22. The Balaban J connectivity index is 1.48. The van der Waals surface area contributed by atoms with E-state index in [1.54, 1.807) is 41.0 Å². The summed E-state index contributed by atoms with van der Waals surface area (Å²) in [6.07, 6.45) is 3.15. The number of hydrogen-bond acceptors (Lipinski definition) is 4. The first-order valence-corrected chi connectivity index (χ1v) is 10.1. The molecule has 10 heteroatoms. The second-order valence-electron chi connectivity index (χ2n) is 7.33. The maximum absolute atomic E-state index is 13.2. The summed E-state index contributed by atoms with van der Waals surface area (Å²) >= 11 is 6.17. The van der Waals surface area contributed by atoms with Gasteiger partial charge in [0.15, 0.2) is 5.65 Å². The minimum atomic E-state index is -0.461. The van der Waals surface area contributed by atoms with Gasteiger partial charge >= 0.3 is 5.69 Å². The summed E-state index contributed by atoms with van der Waals surface area (Å²) in [5.74, 6) is -0.770. The molecule has 0 saturated carbocycles. The summed E-state index contributed by atoms with van der Waals surface area (Å²) in [4.78, 5) is 25.3. The highest BCUT2D eigenvalue weighted by atomic mass is 35.5. The van der Waals surface area contributed by atoms with Crippen molar-refractivity contribution in [3.05, 3.63) is 87.8 Å². The van der Waals surface area contributed by atoms with E-state index in [-0.39, 0.29) is 12.4 Å². The van der Waals surface area contributed by atoms with Gasteiger partial charge in [-0.25, -0.2) is 22.8 Å². The van der Waals surface area contributed by atoms with E-state index in [0.29, 0.717) is 27.6 Å². The van der Waals surface area contributed by atoms with E-state index in [4.69, 9.17) is 11.6 Å². The molecule has 0 spiro atoms. The van der Waals surface area contributed by atoms with Crippen LogP contribution in [0.1, 0.15) is 5.56 Å². The van der Waals surface area contributed by atoms with Gasteiger partial charge in [-0.1, -0.05) is 17.7 Å². The number of benzene rings is 2. The molecule has 160 valence electrons. The number of aromatic nitrogens is 5. The molecular weight excluding hydrogens is 435 g/mol. The number of anilines is 1. The Morgan fingerprint density at radius 3 is 2.62 bits per heavy atom. The van der Waals surface area contributed by atoms with Crippen molar-refractivity contribution in [1.82, 2.24) is 23.8 Å². The molecule has 0 unspecified atom stereocenters. The van der Waals surface area contributed by atoms with Crippen LogP contribution in [0.3, 0.4) is 0 Å². The van der Waals surface area contributed by atoms with Crippen LogP contribution in [0.2, 0.25) is 5.02 Å². The van der Waals surface area contributed by atoms with Crippen molar-refractivity contribution in [3.8, 4) is 11.3 Å². The second-order valence-corrected chi connectivity index (χ2v) is 7.74. The lowest BCUT2D eigenvalue weighted by molar-refractivity contribution is -0.117.